The highest BCUT2D eigenvalue weighted by Gasteiger charge is 2.69. The molecule has 4 saturated carbocycles. The molecule has 0 aromatic carbocycles. The van der Waals surface area contributed by atoms with Crippen LogP contribution in [-0.4, -0.2) is 82.3 Å². The van der Waals surface area contributed by atoms with Crippen LogP contribution in [0.2, 0.25) is 0 Å². The Bertz CT molecular complexity index is 953. The Hall–Kier alpha value is -0.320. The fourth-order valence-corrected chi connectivity index (χ4v) is 11.5. The van der Waals surface area contributed by atoms with Gasteiger partial charge in [0.1, 0.15) is 18.3 Å². The summed E-state index contributed by atoms with van der Waals surface area (Å²) < 4.78 is 25.2. The maximum atomic E-state index is 11.1. The highest BCUT2D eigenvalue weighted by molar-refractivity contribution is 5.16. The van der Waals surface area contributed by atoms with Gasteiger partial charge in [0.05, 0.1) is 31.5 Å². The summed E-state index contributed by atoms with van der Waals surface area (Å²) >= 11 is 0. The van der Waals surface area contributed by atoms with Crippen LogP contribution in [0.15, 0.2) is 0 Å². The van der Waals surface area contributed by atoms with Crippen molar-refractivity contribution in [2.75, 3.05) is 13.2 Å². The first-order valence-corrected chi connectivity index (χ1v) is 16.3. The largest absolute Gasteiger partial charge is 0.390 e. The Balaban J connectivity index is 1.09. The SMILES string of the molecule is C[C@@H]1CC[C@@]2(OC1)O[C@@H]1C[C@@H]3[C@@H]4CC[C@@H]5C[C@H](O)[C@@H](O[C@@H]6OC[C@H](O)[C@H](O)[C@H]6O)C[C@]5(C)[C@H]4CC[C@]3(C)[C@@H]1[C@@H]2C. The van der Waals surface area contributed by atoms with Gasteiger partial charge in [0.25, 0.3) is 0 Å². The molecule has 3 saturated heterocycles. The highest BCUT2D eigenvalue weighted by atomic mass is 16.7. The smallest absolute Gasteiger partial charge is 0.186 e. The average molecular weight is 565 g/mol. The summed E-state index contributed by atoms with van der Waals surface area (Å²) in [6, 6.07) is 0. The van der Waals surface area contributed by atoms with E-state index in [0.29, 0.717) is 54.0 Å². The number of fused-ring (bicyclic) bond motifs is 7. The van der Waals surface area contributed by atoms with Crippen molar-refractivity contribution in [2.24, 2.45) is 52.3 Å². The molecule has 0 aromatic heterocycles. The van der Waals surface area contributed by atoms with Crippen LogP contribution in [0.5, 0.6) is 0 Å². The van der Waals surface area contributed by atoms with Gasteiger partial charge in [-0.25, -0.2) is 0 Å². The van der Waals surface area contributed by atoms with Gasteiger partial charge in [-0.2, -0.15) is 0 Å². The molecule has 4 aliphatic carbocycles. The molecule has 1 spiro atoms. The Kier molecular flexibility index (Phi) is 7.00. The molecule has 0 unspecified atom stereocenters. The topological polar surface area (TPSA) is 118 Å². The molecular formula is C32H52O8. The normalized spacial score (nSPS) is 61.5. The van der Waals surface area contributed by atoms with Crippen molar-refractivity contribution in [3.63, 3.8) is 0 Å². The first-order valence-electron chi connectivity index (χ1n) is 16.3. The zero-order chi connectivity index (χ0) is 28.2. The minimum absolute atomic E-state index is 0.0416. The van der Waals surface area contributed by atoms with E-state index in [1.165, 1.54) is 25.7 Å². The Morgan fingerprint density at radius 2 is 1.60 bits per heavy atom. The summed E-state index contributed by atoms with van der Waals surface area (Å²) in [5.41, 5.74) is 0.311. The van der Waals surface area contributed by atoms with E-state index in [1.807, 2.05) is 0 Å². The van der Waals surface area contributed by atoms with E-state index in [4.69, 9.17) is 18.9 Å². The predicted octanol–water partition coefficient (Wildman–Crippen LogP) is 3.23. The average Bonchev–Trinajstić information content (AvgIpc) is 3.36. The van der Waals surface area contributed by atoms with Crippen LogP contribution in [0.1, 0.15) is 85.5 Å². The number of hydrogen-bond donors (Lipinski definition) is 4. The Labute approximate surface area is 239 Å². The van der Waals surface area contributed by atoms with E-state index in [9.17, 15) is 20.4 Å². The van der Waals surface area contributed by atoms with Crippen molar-refractivity contribution >= 4 is 0 Å². The molecule has 0 radical (unpaired) electrons. The second-order valence-electron chi connectivity index (χ2n) is 15.6. The van der Waals surface area contributed by atoms with Crippen LogP contribution >= 0.6 is 0 Å². The highest BCUT2D eigenvalue weighted by Crippen LogP contribution is 2.71. The van der Waals surface area contributed by atoms with Crippen molar-refractivity contribution in [1.82, 2.24) is 0 Å². The van der Waals surface area contributed by atoms with E-state index < -0.39 is 36.8 Å². The number of aliphatic hydroxyl groups excluding tert-OH is 4. The molecule has 17 atom stereocenters. The molecule has 7 aliphatic rings. The molecule has 3 heterocycles. The fourth-order valence-electron chi connectivity index (χ4n) is 11.5. The molecule has 7 rings (SSSR count). The van der Waals surface area contributed by atoms with Gasteiger partial charge >= 0.3 is 0 Å². The van der Waals surface area contributed by atoms with E-state index in [-0.39, 0.29) is 23.2 Å². The lowest BCUT2D eigenvalue weighted by Crippen LogP contribution is -2.59. The standard InChI is InChI=1S/C32H52O8/c1-16-7-10-32(38-14-16)17(2)26-24(40-32)12-21-19-6-5-18-11-22(33)25(39-29-28(36)27(35)23(34)15-37-29)13-31(18,4)20(19)8-9-30(21,26)3/h16-29,33-36H,5-15H2,1-4H3/t16-,17+,18-,19-,20+,21-,22+,23+,24-,25+,26-,27+,28-,29+,30+,31+,32-/m1/s1. The molecule has 8 heteroatoms. The minimum Gasteiger partial charge on any atom is -0.390 e. The van der Waals surface area contributed by atoms with Crippen LogP contribution in [-0.2, 0) is 18.9 Å². The summed E-state index contributed by atoms with van der Waals surface area (Å²) in [7, 11) is 0. The summed E-state index contributed by atoms with van der Waals surface area (Å²) in [4.78, 5) is 0. The quantitative estimate of drug-likeness (QED) is 0.378. The fraction of sp³-hybridized carbons (Fsp3) is 1.00. The molecule has 3 aliphatic heterocycles. The number of ether oxygens (including phenoxy) is 4. The zero-order valence-electron chi connectivity index (χ0n) is 24.8. The third-order valence-corrected chi connectivity index (χ3v) is 13.7. The summed E-state index contributed by atoms with van der Waals surface area (Å²) in [6.07, 6.45) is 3.91. The van der Waals surface area contributed by atoms with Gasteiger partial charge in [-0.15, -0.1) is 0 Å². The molecule has 8 nitrogen and oxygen atoms in total. The lowest BCUT2D eigenvalue weighted by Gasteiger charge is -2.62. The Morgan fingerprint density at radius 1 is 0.800 bits per heavy atom. The number of hydrogen-bond acceptors (Lipinski definition) is 8. The van der Waals surface area contributed by atoms with Crippen LogP contribution in [0.3, 0.4) is 0 Å². The van der Waals surface area contributed by atoms with Gasteiger partial charge in [-0.3, -0.25) is 0 Å². The van der Waals surface area contributed by atoms with E-state index in [2.05, 4.69) is 27.7 Å². The maximum Gasteiger partial charge on any atom is 0.186 e. The number of aliphatic hydroxyl groups is 4. The third kappa shape index (κ3) is 4.06. The van der Waals surface area contributed by atoms with Gasteiger partial charge < -0.3 is 39.4 Å². The van der Waals surface area contributed by atoms with Crippen LogP contribution < -0.4 is 0 Å². The molecule has 0 aromatic rings. The Morgan fingerprint density at radius 3 is 2.35 bits per heavy atom. The lowest BCUT2D eigenvalue weighted by molar-refractivity contribution is -0.301. The van der Waals surface area contributed by atoms with Crippen molar-refractivity contribution in [3.8, 4) is 0 Å². The zero-order valence-corrected chi connectivity index (χ0v) is 24.8. The van der Waals surface area contributed by atoms with Crippen molar-refractivity contribution in [2.45, 2.75) is 134 Å². The molecule has 40 heavy (non-hydrogen) atoms. The summed E-state index contributed by atoms with van der Waals surface area (Å²) in [5.74, 6) is 3.52. The van der Waals surface area contributed by atoms with Crippen LogP contribution in [0.25, 0.3) is 0 Å². The van der Waals surface area contributed by atoms with Crippen molar-refractivity contribution in [3.05, 3.63) is 0 Å². The van der Waals surface area contributed by atoms with Gasteiger partial charge in [-0.1, -0.05) is 27.7 Å². The van der Waals surface area contributed by atoms with Gasteiger partial charge in [0, 0.05) is 12.3 Å². The molecule has 228 valence electrons. The maximum absolute atomic E-state index is 11.1. The van der Waals surface area contributed by atoms with E-state index >= 15 is 0 Å². The summed E-state index contributed by atoms with van der Waals surface area (Å²) in [5, 5.41) is 41.6. The lowest BCUT2D eigenvalue weighted by atomic mass is 9.44. The second-order valence-corrected chi connectivity index (χ2v) is 15.6. The second kappa shape index (κ2) is 9.85. The molecule has 0 bridgehead atoms. The first kappa shape index (κ1) is 28.5. The van der Waals surface area contributed by atoms with Gasteiger partial charge in [-0.05, 0) is 97.7 Å². The number of rotatable bonds is 2. The first-order chi connectivity index (χ1) is 19.0. The third-order valence-electron chi connectivity index (χ3n) is 13.7. The predicted molar refractivity (Wildman–Crippen MR) is 146 cm³/mol. The van der Waals surface area contributed by atoms with Crippen LogP contribution in [0.4, 0.5) is 0 Å². The van der Waals surface area contributed by atoms with Crippen LogP contribution in [0, 0.1) is 52.3 Å². The molecule has 4 N–H and O–H groups in total. The van der Waals surface area contributed by atoms with Crippen molar-refractivity contribution < 1.29 is 39.4 Å². The summed E-state index contributed by atoms with van der Waals surface area (Å²) in [6.45, 7) is 10.4. The minimum atomic E-state index is -1.34. The molecular weight excluding hydrogens is 512 g/mol. The molecule has 0 amide bonds. The van der Waals surface area contributed by atoms with Gasteiger partial charge in [0.2, 0.25) is 0 Å². The monoisotopic (exact) mass is 564 g/mol. The van der Waals surface area contributed by atoms with E-state index in [0.717, 1.165) is 32.3 Å². The van der Waals surface area contributed by atoms with E-state index in [1.54, 1.807) is 0 Å². The van der Waals surface area contributed by atoms with Crippen molar-refractivity contribution in [1.29, 1.82) is 0 Å². The molecule has 7 fully saturated rings. The van der Waals surface area contributed by atoms with Gasteiger partial charge in [0.15, 0.2) is 12.1 Å².